The van der Waals surface area contributed by atoms with E-state index in [1.54, 1.807) is 0 Å². The van der Waals surface area contributed by atoms with E-state index in [4.69, 9.17) is 9.84 Å². The fourth-order valence-electron chi connectivity index (χ4n) is 1.71. The molecule has 1 atom stereocenters. The molecule has 1 heterocycles. The van der Waals surface area contributed by atoms with Crippen LogP contribution >= 0.6 is 0 Å². The van der Waals surface area contributed by atoms with Crippen LogP contribution in [0, 0.1) is 5.92 Å². The zero-order valence-electron chi connectivity index (χ0n) is 9.26. The van der Waals surface area contributed by atoms with Crippen molar-refractivity contribution >= 4 is 16.0 Å². The Morgan fingerprint density at radius 2 is 2.25 bits per heavy atom. The topological polar surface area (TPSA) is 83.9 Å². The fourth-order valence-corrected chi connectivity index (χ4v) is 3.16. The van der Waals surface area contributed by atoms with Gasteiger partial charge in [0.15, 0.2) is 0 Å². The Labute approximate surface area is 95.2 Å². The molecule has 0 amide bonds. The molecule has 1 rings (SSSR count). The van der Waals surface area contributed by atoms with Crippen LogP contribution in [-0.2, 0) is 19.6 Å². The molecule has 0 spiro atoms. The van der Waals surface area contributed by atoms with Crippen molar-refractivity contribution in [2.45, 2.75) is 12.8 Å². The summed E-state index contributed by atoms with van der Waals surface area (Å²) < 4.78 is 29.5. The average molecular weight is 251 g/mol. The molecule has 0 aromatic rings. The second-order valence-corrected chi connectivity index (χ2v) is 5.93. The number of carboxylic acids is 1. The highest BCUT2D eigenvalue weighted by Gasteiger charge is 2.31. The van der Waals surface area contributed by atoms with Crippen LogP contribution in [0.25, 0.3) is 0 Å². The quantitative estimate of drug-likeness (QED) is 0.729. The largest absolute Gasteiger partial charge is 0.481 e. The van der Waals surface area contributed by atoms with Crippen LogP contribution in [0.2, 0.25) is 0 Å². The van der Waals surface area contributed by atoms with E-state index in [1.807, 2.05) is 0 Å². The Balaban J connectivity index is 2.62. The number of ether oxygens (including phenoxy) is 1. The predicted octanol–water partition coefficient (Wildman–Crippen LogP) is -0.241. The number of carboxylic acid groups (broad SMARTS) is 1. The highest BCUT2D eigenvalue weighted by molar-refractivity contribution is 7.89. The molecule has 0 aliphatic carbocycles. The normalized spacial score (nSPS) is 23.2. The summed E-state index contributed by atoms with van der Waals surface area (Å²) in [5.74, 6) is -1.59. The maximum absolute atomic E-state index is 11.8. The monoisotopic (exact) mass is 251 g/mol. The maximum atomic E-state index is 11.8. The first kappa shape index (κ1) is 13.4. The number of hydrogen-bond donors (Lipinski definition) is 1. The first-order valence-electron chi connectivity index (χ1n) is 5.17. The molecule has 6 nitrogen and oxygen atoms in total. The second kappa shape index (κ2) is 5.60. The van der Waals surface area contributed by atoms with Crippen molar-refractivity contribution in [3.63, 3.8) is 0 Å². The van der Waals surface area contributed by atoms with Gasteiger partial charge in [-0.25, -0.2) is 12.7 Å². The summed E-state index contributed by atoms with van der Waals surface area (Å²) in [6.45, 7) is 0.633. The zero-order valence-corrected chi connectivity index (χ0v) is 10.1. The van der Waals surface area contributed by atoms with Gasteiger partial charge in [-0.2, -0.15) is 0 Å². The Bertz CT molecular complexity index is 340. The first-order chi connectivity index (χ1) is 7.47. The van der Waals surface area contributed by atoms with Gasteiger partial charge < -0.3 is 9.84 Å². The highest BCUT2D eigenvalue weighted by atomic mass is 32.2. The van der Waals surface area contributed by atoms with Crippen molar-refractivity contribution in [1.29, 1.82) is 0 Å². The third kappa shape index (κ3) is 3.43. The van der Waals surface area contributed by atoms with Crippen LogP contribution < -0.4 is 0 Å². The standard InChI is InChI=1S/C9H17NO5S/c1-15-5-6-16(13,14)10-4-2-3-8(7-10)9(11)12/h8H,2-7H2,1H3,(H,11,12)/t8-/m1/s1. The molecule has 1 saturated heterocycles. The Morgan fingerprint density at radius 1 is 1.56 bits per heavy atom. The molecule has 7 heteroatoms. The predicted molar refractivity (Wildman–Crippen MR) is 57.6 cm³/mol. The van der Waals surface area contributed by atoms with Gasteiger partial charge in [-0.1, -0.05) is 0 Å². The smallest absolute Gasteiger partial charge is 0.307 e. The average Bonchev–Trinajstić information content (AvgIpc) is 2.26. The minimum Gasteiger partial charge on any atom is -0.481 e. The third-order valence-corrected chi connectivity index (χ3v) is 4.47. The van der Waals surface area contributed by atoms with Crippen LogP contribution in [0.4, 0.5) is 0 Å². The SMILES string of the molecule is COCCS(=O)(=O)N1CCC[C@@H](C(=O)O)C1. The minimum absolute atomic E-state index is 0.0847. The van der Waals surface area contributed by atoms with E-state index in [2.05, 4.69) is 0 Å². The molecule has 0 saturated carbocycles. The molecule has 0 aromatic heterocycles. The van der Waals surface area contributed by atoms with E-state index in [-0.39, 0.29) is 18.9 Å². The van der Waals surface area contributed by atoms with Gasteiger partial charge in [0, 0.05) is 20.2 Å². The second-order valence-electron chi connectivity index (χ2n) is 3.84. The van der Waals surface area contributed by atoms with Crippen molar-refractivity contribution in [2.75, 3.05) is 32.6 Å². The number of carbonyl (C=O) groups is 1. The van der Waals surface area contributed by atoms with Crippen molar-refractivity contribution in [3.05, 3.63) is 0 Å². The van der Waals surface area contributed by atoms with Gasteiger partial charge in [0.1, 0.15) is 0 Å². The Morgan fingerprint density at radius 3 is 2.81 bits per heavy atom. The molecule has 1 aliphatic rings. The van der Waals surface area contributed by atoms with Gasteiger partial charge in [-0.15, -0.1) is 0 Å². The lowest BCUT2D eigenvalue weighted by molar-refractivity contribution is -0.142. The van der Waals surface area contributed by atoms with E-state index in [1.165, 1.54) is 11.4 Å². The summed E-state index contributed by atoms with van der Waals surface area (Å²) in [5.41, 5.74) is 0. The van der Waals surface area contributed by atoms with E-state index < -0.39 is 21.9 Å². The lowest BCUT2D eigenvalue weighted by Gasteiger charge is -2.29. The molecule has 16 heavy (non-hydrogen) atoms. The lowest BCUT2D eigenvalue weighted by atomic mass is 10.0. The number of methoxy groups -OCH3 is 1. The highest BCUT2D eigenvalue weighted by Crippen LogP contribution is 2.19. The van der Waals surface area contributed by atoms with E-state index in [9.17, 15) is 13.2 Å². The number of nitrogens with zero attached hydrogens (tertiary/aromatic N) is 1. The van der Waals surface area contributed by atoms with Crippen LogP contribution in [0.1, 0.15) is 12.8 Å². The van der Waals surface area contributed by atoms with Gasteiger partial charge in [0.2, 0.25) is 10.0 Å². The maximum Gasteiger partial charge on any atom is 0.307 e. The van der Waals surface area contributed by atoms with Crippen LogP contribution in [-0.4, -0.2) is 56.4 Å². The number of rotatable bonds is 5. The summed E-state index contributed by atoms with van der Waals surface area (Å²) in [6, 6.07) is 0. The molecule has 0 unspecified atom stereocenters. The summed E-state index contributed by atoms with van der Waals surface area (Å²) in [5, 5.41) is 8.85. The lowest BCUT2D eigenvalue weighted by Crippen LogP contribution is -2.43. The molecule has 0 bridgehead atoms. The first-order valence-corrected chi connectivity index (χ1v) is 6.78. The summed E-state index contributed by atoms with van der Waals surface area (Å²) in [7, 11) is -1.93. The number of sulfonamides is 1. The fraction of sp³-hybridized carbons (Fsp3) is 0.889. The van der Waals surface area contributed by atoms with Gasteiger partial charge in [-0.3, -0.25) is 4.79 Å². The summed E-state index contributed by atoms with van der Waals surface area (Å²) >= 11 is 0. The van der Waals surface area contributed by atoms with E-state index in [0.29, 0.717) is 19.4 Å². The van der Waals surface area contributed by atoms with Crippen molar-refractivity contribution in [1.82, 2.24) is 4.31 Å². The summed E-state index contributed by atoms with van der Waals surface area (Å²) in [6.07, 6.45) is 1.15. The van der Waals surface area contributed by atoms with Gasteiger partial charge in [-0.05, 0) is 12.8 Å². The Hall–Kier alpha value is -0.660. The molecule has 1 aliphatic heterocycles. The zero-order chi connectivity index (χ0) is 12.2. The summed E-state index contributed by atoms with van der Waals surface area (Å²) in [4.78, 5) is 10.8. The molecule has 0 radical (unpaired) electrons. The van der Waals surface area contributed by atoms with Crippen LogP contribution in [0.3, 0.4) is 0 Å². The van der Waals surface area contributed by atoms with Crippen molar-refractivity contribution in [3.8, 4) is 0 Å². The molecule has 1 N–H and O–H groups in total. The number of piperidine rings is 1. The number of aliphatic carboxylic acids is 1. The molecule has 94 valence electrons. The van der Waals surface area contributed by atoms with E-state index in [0.717, 1.165) is 0 Å². The van der Waals surface area contributed by atoms with Crippen LogP contribution in [0.5, 0.6) is 0 Å². The van der Waals surface area contributed by atoms with E-state index >= 15 is 0 Å². The van der Waals surface area contributed by atoms with Gasteiger partial charge >= 0.3 is 5.97 Å². The number of hydrogen-bond acceptors (Lipinski definition) is 4. The molecule has 1 fully saturated rings. The molecule has 0 aromatic carbocycles. The molecular formula is C9H17NO5S. The van der Waals surface area contributed by atoms with Crippen LogP contribution in [0.15, 0.2) is 0 Å². The van der Waals surface area contributed by atoms with Crippen molar-refractivity contribution < 1.29 is 23.1 Å². The van der Waals surface area contributed by atoms with Crippen molar-refractivity contribution in [2.24, 2.45) is 5.92 Å². The Kier molecular flexibility index (Phi) is 4.69. The van der Waals surface area contributed by atoms with Gasteiger partial charge in [0.05, 0.1) is 18.3 Å². The van der Waals surface area contributed by atoms with Gasteiger partial charge in [0.25, 0.3) is 0 Å². The third-order valence-electron chi connectivity index (χ3n) is 2.67. The minimum atomic E-state index is -3.37. The molecular weight excluding hydrogens is 234 g/mol.